The van der Waals surface area contributed by atoms with E-state index < -0.39 is 24.5 Å². The molecule has 0 heterocycles. The molecule has 2 rings (SSSR count). The predicted octanol–water partition coefficient (Wildman–Crippen LogP) is 2.20. The lowest BCUT2D eigenvalue weighted by atomic mass is 10.0. The Balaban J connectivity index is 1.92. The smallest absolute Gasteiger partial charge is 0.340 e. The van der Waals surface area contributed by atoms with Crippen LogP contribution in [0, 0.1) is 0 Å². The summed E-state index contributed by atoms with van der Waals surface area (Å²) in [5.74, 6) is -1.28. The first-order valence-electron chi connectivity index (χ1n) is 8.29. The number of Topliss-reactive ketones (excluding diaryl/α,β-unsaturated/α-hetero) is 1. The predicted molar refractivity (Wildman–Crippen MR) is 99.0 cm³/mol. The van der Waals surface area contributed by atoms with Crippen LogP contribution in [0.5, 0.6) is 0 Å². The molecule has 0 aliphatic heterocycles. The summed E-state index contributed by atoms with van der Waals surface area (Å²) in [6, 6.07) is 15.6. The van der Waals surface area contributed by atoms with Crippen molar-refractivity contribution in [2.75, 3.05) is 19.0 Å². The molecule has 0 aliphatic carbocycles. The van der Waals surface area contributed by atoms with Gasteiger partial charge in [0.05, 0.1) is 11.6 Å². The lowest BCUT2D eigenvalue weighted by molar-refractivity contribution is -0.128. The molecule has 0 radical (unpaired) electrons. The van der Waals surface area contributed by atoms with Gasteiger partial charge in [-0.15, -0.1) is 0 Å². The van der Waals surface area contributed by atoms with Crippen molar-refractivity contribution in [1.82, 2.24) is 5.32 Å². The van der Waals surface area contributed by atoms with Gasteiger partial charge in [-0.3, -0.25) is 9.59 Å². The van der Waals surface area contributed by atoms with Crippen LogP contribution in [-0.2, 0) is 20.7 Å². The molecule has 6 heteroatoms. The van der Waals surface area contributed by atoms with Crippen LogP contribution in [0.2, 0.25) is 0 Å². The molecule has 26 heavy (non-hydrogen) atoms. The highest BCUT2D eigenvalue weighted by Crippen LogP contribution is 2.15. The van der Waals surface area contributed by atoms with Gasteiger partial charge in [0.15, 0.2) is 12.4 Å². The van der Waals surface area contributed by atoms with Gasteiger partial charge in [-0.05, 0) is 31.0 Å². The summed E-state index contributed by atoms with van der Waals surface area (Å²) in [5, 5.41) is 5.51. The van der Waals surface area contributed by atoms with Gasteiger partial charge in [0.25, 0.3) is 5.91 Å². The van der Waals surface area contributed by atoms with Crippen LogP contribution in [0.25, 0.3) is 0 Å². The maximum Gasteiger partial charge on any atom is 0.340 e. The van der Waals surface area contributed by atoms with Crippen LogP contribution in [0.3, 0.4) is 0 Å². The van der Waals surface area contributed by atoms with Gasteiger partial charge in [-0.2, -0.15) is 0 Å². The van der Waals surface area contributed by atoms with Crippen molar-refractivity contribution in [3.05, 3.63) is 65.7 Å². The second-order valence-electron chi connectivity index (χ2n) is 5.79. The highest BCUT2D eigenvalue weighted by Gasteiger charge is 2.19. The molecule has 0 saturated heterocycles. The quantitative estimate of drug-likeness (QED) is 0.710. The van der Waals surface area contributed by atoms with Gasteiger partial charge in [0.1, 0.15) is 0 Å². The molecule has 2 aromatic rings. The van der Waals surface area contributed by atoms with E-state index in [1.165, 1.54) is 6.92 Å². The number of rotatable bonds is 8. The highest BCUT2D eigenvalue weighted by atomic mass is 16.5. The van der Waals surface area contributed by atoms with Crippen LogP contribution in [0.1, 0.15) is 22.8 Å². The lowest BCUT2D eigenvalue weighted by Gasteiger charge is -2.16. The maximum atomic E-state index is 12.1. The summed E-state index contributed by atoms with van der Waals surface area (Å²) in [6.07, 6.45) is 0.387. The summed E-state index contributed by atoms with van der Waals surface area (Å²) in [5.41, 5.74) is 1.90. The molecule has 1 atom stereocenters. The van der Waals surface area contributed by atoms with E-state index in [0.717, 1.165) is 5.56 Å². The van der Waals surface area contributed by atoms with E-state index in [-0.39, 0.29) is 5.78 Å². The number of ether oxygens (including phenoxy) is 1. The minimum atomic E-state index is -0.659. The number of carbonyl (C=O) groups is 3. The van der Waals surface area contributed by atoms with Gasteiger partial charge < -0.3 is 15.4 Å². The molecule has 0 aromatic heterocycles. The Morgan fingerprint density at radius 3 is 2.31 bits per heavy atom. The maximum absolute atomic E-state index is 12.1. The van der Waals surface area contributed by atoms with E-state index in [2.05, 4.69) is 10.6 Å². The first-order chi connectivity index (χ1) is 12.5. The Bertz CT molecular complexity index is 774. The van der Waals surface area contributed by atoms with Crippen molar-refractivity contribution in [3.8, 4) is 0 Å². The van der Waals surface area contributed by atoms with Crippen LogP contribution >= 0.6 is 0 Å². The van der Waals surface area contributed by atoms with Crippen molar-refractivity contribution in [3.63, 3.8) is 0 Å². The number of benzene rings is 2. The molecule has 1 amide bonds. The standard InChI is InChI=1S/C20H22N2O4/c1-14(23)18(12-15-8-4-3-5-9-15)22-19(24)13-26-20(25)16-10-6-7-11-17(16)21-2/h3-11,18,21H,12-13H2,1-2H3,(H,22,24)/t18-/m1/s1. The molecule has 0 spiro atoms. The molecule has 0 bridgehead atoms. The zero-order valence-corrected chi connectivity index (χ0v) is 14.8. The number of anilines is 1. The summed E-state index contributed by atoms with van der Waals surface area (Å²) < 4.78 is 5.06. The molecular formula is C20H22N2O4. The molecular weight excluding hydrogens is 332 g/mol. The van der Waals surface area contributed by atoms with Crippen LogP contribution in [0.15, 0.2) is 54.6 Å². The molecule has 0 unspecified atom stereocenters. The third kappa shape index (κ3) is 5.44. The van der Waals surface area contributed by atoms with E-state index in [4.69, 9.17) is 4.74 Å². The molecule has 6 nitrogen and oxygen atoms in total. The third-order valence-corrected chi connectivity index (χ3v) is 3.86. The number of hydrogen-bond acceptors (Lipinski definition) is 5. The lowest BCUT2D eigenvalue weighted by Crippen LogP contribution is -2.43. The van der Waals surface area contributed by atoms with Crippen LogP contribution < -0.4 is 10.6 Å². The minimum Gasteiger partial charge on any atom is -0.452 e. The second-order valence-corrected chi connectivity index (χ2v) is 5.79. The molecule has 2 aromatic carbocycles. The monoisotopic (exact) mass is 354 g/mol. The van der Waals surface area contributed by atoms with E-state index >= 15 is 0 Å². The Kier molecular flexibility index (Phi) is 6.91. The third-order valence-electron chi connectivity index (χ3n) is 3.86. The molecule has 2 N–H and O–H groups in total. The number of ketones is 1. The average Bonchev–Trinajstić information content (AvgIpc) is 2.66. The molecule has 0 fully saturated rings. The summed E-state index contributed by atoms with van der Waals surface area (Å²) in [7, 11) is 1.69. The number of esters is 1. The zero-order valence-electron chi connectivity index (χ0n) is 14.8. The Morgan fingerprint density at radius 2 is 1.65 bits per heavy atom. The molecule has 136 valence electrons. The Hall–Kier alpha value is -3.15. The van der Waals surface area contributed by atoms with Gasteiger partial charge >= 0.3 is 5.97 Å². The van der Waals surface area contributed by atoms with Crippen LogP contribution in [0.4, 0.5) is 5.69 Å². The number of amides is 1. The average molecular weight is 354 g/mol. The number of para-hydroxylation sites is 1. The first kappa shape index (κ1) is 19.2. The van der Waals surface area contributed by atoms with Gasteiger partial charge in [0, 0.05) is 12.7 Å². The number of nitrogens with one attached hydrogen (secondary N) is 2. The number of carbonyl (C=O) groups excluding carboxylic acids is 3. The van der Waals surface area contributed by atoms with E-state index in [1.54, 1.807) is 31.3 Å². The van der Waals surface area contributed by atoms with Gasteiger partial charge in [0.2, 0.25) is 0 Å². The SMILES string of the molecule is CNc1ccccc1C(=O)OCC(=O)N[C@H](Cc1ccccc1)C(C)=O. The van der Waals surface area contributed by atoms with E-state index in [0.29, 0.717) is 17.7 Å². The summed E-state index contributed by atoms with van der Waals surface area (Å²) in [4.78, 5) is 36.0. The minimum absolute atomic E-state index is 0.158. The van der Waals surface area contributed by atoms with Gasteiger partial charge in [-0.25, -0.2) is 4.79 Å². The van der Waals surface area contributed by atoms with E-state index in [1.807, 2.05) is 30.3 Å². The summed E-state index contributed by atoms with van der Waals surface area (Å²) in [6.45, 7) is 0.971. The van der Waals surface area contributed by atoms with Crippen LogP contribution in [-0.4, -0.2) is 37.4 Å². The highest BCUT2D eigenvalue weighted by molar-refractivity contribution is 5.97. The van der Waals surface area contributed by atoms with E-state index in [9.17, 15) is 14.4 Å². The van der Waals surface area contributed by atoms with Crippen molar-refractivity contribution in [2.45, 2.75) is 19.4 Å². The second kappa shape index (κ2) is 9.36. The van der Waals surface area contributed by atoms with Crippen molar-refractivity contribution < 1.29 is 19.1 Å². The van der Waals surface area contributed by atoms with Gasteiger partial charge in [-0.1, -0.05) is 42.5 Å². The topological polar surface area (TPSA) is 84.5 Å². The summed E-state index contributed by atoms with van der Waals surface area (Å²) >= 11 is 0. The fraction of sp³-hybridized carbons (Fsp3) is 0.250. The first-order valence-corrected chi connectivity index (χ1v) is 8.29. The van der Waals surface area contributed by atoms with Crippen molar-refractivity contribution in [2.24, 2.45) is 0 Å². The Morgan fingerprint density at radius 1 is 1.00 bits per heavy atom. The zero-order chi connectivity index (χ0) is 18.9. The largest absolute Gasteiger partial charge is 0.452 e. The van der Waals surface area contributed by atoms with Crippen molar-refractivity contribution >= 4 is 23.3 Å². The normalized spacial score (nSPS) is 11.3. The molecule has 0 saturated carbocycles. The molecule has 0 aliphatic rings. The Labute approximate surface area is 152 Å². The fourth-order valence-electron chi connectivity index (χ4n) is 2.47. The van der Waals surface area contributed by atoms with Crippen molar-refractivity contribution in [1.29, 1.82) is 0 Å². The number of hydrogen-bond donors (Lipinski definition) is 2. The fourth-order valence-corrected chi connectivity index (χ4v) is 2.47.